The predicted molar refractivity (Wildman–Crippen MR) is 127 cm³/mol. The molecule has 1 unspecified atom stereocenters. The van der Waals surface area contributed by atoms with E-state index in [1.54, 1.807) is 0 Å². The number of aryl methyl sites for hydroxylation is 1. The number of hydrogen-bond donors (Lipinski definition) is 1. The van der Waals surface area contributed by atoms with Crippen molar-refractivity contribution in [2.75, 3.05) is 11.9 Å². The highest BCUT2D eigenvalue weighted by atomic mass is 16.1. The summed E-state index contributed by atoms with van der Waals surface area (Å²) in [5.74, 6) is 1.91. The SMILES string of the molecule is Cc1cccc(-c2nc3n(c2-c2ccc4c(c2)NCC=N4)CC=C[C@H]2CC(=O)CCC32)n1. The van der Waals surface area contributed by atoms with E-state index < -0.39 is 0 Å². The van der Waals surface area contributed by atoms with Crippen molar-refractivity contribution in [3.63, 3.8) is 0 Å². The molecular weight excluding hydrogens is 398 g/mol. The van der Waals surface area contributed by atoms with Crippen LogP contribution in [0.25, 0.3) is 22.6 Å². The monoisotopic (exact) mass is 423 g/mol. The van der Waals surface area contributed by atoms with Crippen LogP contribution in [0.3, 0.4) is 0 Å². The normalized spacial score (nSPS) is 21.3. The molecule has 0 radical (unpaired) electrons. The number of hydrogen-bond acceptors (Lipinski definition) is 5. The maximum absolute atomic E-state index is 12.1. The van der Waals surface area contributed by atoms with E-state index in [9.17, 15) is 4.79 Å². The molecule has 1 saturated carbocycles. The largest absolute Gasteiger partial charge is 0.378 e. The summed E-state index contributed by atoms with van der Waals surface area (Å²) in [7, 11) is 0. The smallest absolute Gasteiger partial charge is 0.133 e. The third-order valence-corrected chi connectivity index (χ3v) is 6.73. The van der Waals surface area contributed by atoms with Gasteiger partial charge in [-0.15, -0.1) is 0 Å². The van der Waals surface area contributed by atoms with Crippen molar-refractivity contribution in [3.8, 4) is 22.6 Å². The second-order valence-corrected chi connectivity index (χ2v) is 8.85. The van der Waals surface area contributed by atoms with Gasteiger partial charge >= 0.3 is 0 Å². The van der Waals surface area contributed by atoms with Crippen molar-refractivity contribution in [2.24, 2.45) is 10.9 Å². The fraction of sp³-hybridized carbons (Fsp3) is 0.308. The van der Waals surface area contributed by atoms with Crippen LogP contribution in [0.1, 0.15) is 36.7 Å². The second kappa shape index (κ2) is 7.55. The molecule has 3 aromatic rings. The number of nitrogens with one attached hydrogen (secondary N) is 1. The standard InChI is InChI=1S/C26H25N5O/c1-16-4-2-6-22(29-16)24-25(18-7-10-21-23(15-18)28-12-11-27-21)31-13-3-5-17-14-19(32)8-9-20(17)26(31)30-24/h2-7,10-11,15,17,20,28H,8-9,12-14H2,1H3/t17-,20?/m0/s1. The number of Topliss-reactive ketones (excluding diaryl/α,β-unsaturated/α-hetero) is 1. The summed E-state index contributed by atoms with van der Waals surface area (Å²) in [4.78, 5) is 26.7. The van der Waals surface area contributed by atoms with Crippen molar-refractivity contribution in [1.29, 1.82) is 0 Å². The number of anilines is 1. The lowest BCUT2D eigenvalue weighted by molar-refractivity contribution is -0.121. The Labute approximate surface area is 187 Å². The maximum atomic E-state index is 12.1. The van der Waals surface area contributed by atoms with E-state index in [4.69, 9.17) is 9.97 Å². The molecule has 1 fully saturated rings. The zero-order chi connectivity index (χ0) is 21.7. The van der Waals surface area contributed by atoms with Crippen molar-refractivity contribution in [1.82, 2.24) is 14.5 Å². The molecule has 3 aliphatic rings. The molecular formula is C26H25N5O. The molecule has 6 nitrogen and oxygen atoms in total. The van der Waals surface area contributed by atoms with Crippen LogP contribution in [0.15, 0.2) is 53.5 Å². The highest BCUT2D eigenvalue weighted by Crippen LogP contribution is 2.44. The minimum Gasteiger partial charge on any atom is -0.378 e. The number of imidazole rings is 1. The minimum atomic E-state index is 0.227. The number of aliphatic imine (C=N–C) groups is 1. The van der Waals surface area contributed by atoms with Gasteiger partial charge in [-0.2, -0.15) is 0 Å². The van der Waals surface area contributed by atoms with E-state index in [1.807, 2.05) is 31.3 Å². The number of aromatic nitrogens is 3. The molecule has 1 N–H and O–H groups in total. The lowest BCUT2D eigenvalue weighted by atomic mass is 9.78. The molecule has 2 aromatic heterocycles. The highest BCUT2D eigenvalue weighted by molar-refractivity contribution is 5.86. The van der Waals surface area contributed by atoms with Crippen LogP contribution in [-0.2, 0) is 11.3 Å². The number of rotatable bonds is 2. The first kappa shape index (κ1) is 19.2. The zero-order valence-corrected chi connectivity index (χ0v) is 18.1. The lowest BCUT2D eigenvalue weighted by Crippen LogP contribution is -2.23. The molecule has 4 heterocycles. The van der Waals surface area contributed by atoms with E-state index in [0.29, 0.717) is 18.6 Å². The maximum Gasteiger partial charge on any atom is 0.133 e. The van der Waals surface area contributed by atoms with Gasteiger partial charge in [-0.3, -0.25) is 14.8 Å². The number of benzene rings is 1. The molecule has 1 aromatic carbocycles. The van der Waals surface area contributed by atoms with E-state index in [-0.39, 0.29) is 11.8 Å². The number of nitrogens with zero attached hydrogens (tertiary/aromatic N) is 4. The summed E-state index contributed by atoms with van der Waals surface area (Å²) in [6, 6.07) is 12.5. The van der Waals surface area contributed by atoms with Crippen molar-refractivity contribution in [2.45, 2.75) is 38.6 Å². The Morgan fingerprint density at radius 3 is 3.00 bits per heavy atom. The van der Waals surface area contributed by atoms with Gasteiger partial charge in [0.05, 0.1) is 29.3 Å². The van der Waals surface area contributed by atoms with Gasteiger partial charge in [0, 0.05) is 42.8 Å². The summed E-state index contributed by atoms with van der Waals surface area (Å²) in [6.07, 6.45) is 8.42. The Bertz CT molecular complexity index is 1290. The quantitative estimate of drug-likeness (QED) is 0.584. The van der Waals surface area contributed by atoms with Crippen LogP contribution in [0, 0.1) is 12.8 Å². The van der Waals surface area contributed by atoms with Crippen molar-refractivity contribution < 1.29 is 4.79 Å². The second-order valence-electron chi connectivity index (χ2n) is 8.85. The lowest BCUT2D eigenvalue weighted by Gasteiger charge is -2.27. The average molecular weight is 424 g/mol. The molecule has 0 saturated heterocycles. The minimum absolute atomic E-state index is 0.227. The van der Waals surface area contributed by atoms with Gasteiger partial charge < -0.3 is 9.88 Å². The third-order valence-electron chi connectivity index (χ3n) is 6.73. The summed E-state index contributed by atoms with van der Waals surface area (Å²) in [5, 5.41) is 3.43. The molecule has 6 rings (SSSR count). The van der Waals surface area contributed by atoms with Crippen LogP contribution >= 0.6 is 0 Å². The van der Waals surface area contributed by atoms with E-state index in [0.717, 1.165) is 65.0 Å². The Kier molecular flexibility index (Phi) is 4.52. The number of carbonyl (C=O) groups excluding carboxylic acids is 1. The van der Waals surface area contributed by atoms with E-state index >= 15 is 0 Å². The molecule has 0 spiro atoms. The van der Waals surface area contributed by atoms with Gasteiger partial charge in [-0.1, -0.05) is 24.3 Å². The predicted octanol–water partition coefficient (Wildman–Crippen LogP) is 5.07. The first-order chi connectivity index (χ1) is 15.7. The number of carbonyl (C=O) groups is 1. The molecule has 2 atom stereocenters. The van der Waals surface area contributed by atoms with E-state index in [1.165, 1.54) is 0 Å². The van der Waals surface area contributed by atoms with Gasteiger partial charge in [0.15, 0.2) is 0 Å². The van der Waals surface area contributed by atoms with Crippen LogP contribution in [-0.4, -0.2) is 33.1 Å². The number of allylic oxidation sites excluding steroid dienone is 2. The summed E-state index contributed by atoms with van der Waals surface area (Å²) in [5.41, 5.74) is 6.94. The Morgan fingerprint density at radius 1 is 1.16 bits per heavy atom. The van der Waals surface area contributed by atoms with Crippen LogP contribution in [0.2, 0.25) is 0 Å². The van der Waals surface area contributed by atoms with Crippen molar-refractivity contribution >= 4 is 23.4 Å². The summed E-state index contributed by atoms with van der Waals surface area (Å²) < 4.78 is 2.34. The highest BCUT2D eigenvalue weighted by Gasteiger charge is 2.35. The number of fused-ring (bicyclic) bond motifs is 4. The molecule has 0 amide bonds. The topological polar surface area (TPSA) is 72.2 Å². The first-order valence-corrected chi connectivity index (χ1v) is 11.3. The fourth-order valence-electron chi connectivity index (χ4n) is 5.22. The van der Waals surface area contributed by atoms with Crippen LogP contribution in [0.4, 0.5) is 11.4 Å². The summed E-state index contributed by atoms with van der Waals surface area (Å²) in [6.45, 7) is 3.48. The van der Waals surface area contributed by atoms with Crippen molar-refractivity contribution in [3.05, 3.63) is 60.1 Å². The molecule has 0 bridgehead atoms. The van der Waals surface area contributed by atoms with Crippen LogP contribution in [0.5, 0.6) is 0 Å². The van der Waals surface area contributed by atoms with Gasteiger partial charge in [-0.05, 0) is 43.5 Å². The number of ketones is 1. The van der Waals surface area contributed by atoms with E-state index in [2.05, 4.69) is 45.2 Å². The average Bonchev–Trinajstić information content (AvgIpc) is 3.09. The van der Waals surface area contributed by atoms with Gasteiger partial charge in [0.2, 0.25) is 0 Å². The fourth-order valence-corrected chi connectivity index (χ4v) is 5.22. The van der Waals surface area contributed by atoms with Gasteiger partial charge in [-0.25, -0.2) is 4.98 Å². The summed E-state index contributed by atoms with van der Waals surface area (Å²) >= 11 is 0. The first-order valence-electron chi connectivity index (χ1n) is 11.3. The molecule has 6 heteroatoms. The zero-order valence-electron chi connectivity index (χ0n) is 18.1. The molecule has 1 aliphatic carbocycles. The van der Waals surface area contributed by atoms with Gasteiger partial charge in [0.25, 0.3) is 0 Å². The van der Waals surface area contributed by atoms with Crippen LogP contribution < -0.4 is 5.32 Å². The Balaban J connectivity index is 1.57. The van der Waals surface area contributed by atoms with Gasteiger partial charge in [0.1, 0.15) is 17.3 Å². The molecule has 2 aliphatic heterocycles. The Morgan fingerprint density at radius 2 is 2.09 bits per heavy atom. The Hall–Kier alpha value is -3.54. The molecule has 32 heavy (non-hydrogen) atoms. The number of pyridine rings is 1. The molecule has 160 valence electrons. The third kappa shape index (κ3) is 3.18.